The number of rotatable bonds is 2. The summed E-state index contributed by atoms with van der Waals surface area (Å²) in [6.07, 6.45) is 0.711. The van der Waals surface area contributed by atoms with Gasteiger partial charge in [0.1, 0.15) is 5.76 Å². The van der Waals surface area contributed by atoms with Crippen molar-refractivity contribution < 1.29 is 9.53 Å². The first kappa shape index (κ1) is 12.9. The highest BCUT2D eigenvalue weighted by molar-refractivity contribution is 6.24. The number of carbonyl (C=O) groups excluding carboxylic acids is 1. The van der Waals surface area contributed by atoms with Crippen LogP contribution in [0.1, 0.15) is 32.8 Å². The van der Waals surface area contributed by atoms with E-state index in [1.54, 1.807) is 7.11 Å². The molecule has 1 aromatic rings. The summed E-state index contributed by atoms with van der Waals surface area (Å²) >= 11 is 0. The first-order valence-electron chi connectivity index (χ1n) is 6.32. The standard InChI is InChI=1S/C16H20O2/c1-16(2,3)12-10-13(18-4)14(15(12)17)11-8-6-5-7-9-11/h5-9,12H,10H2,1-4H3. The molecular weight excluding hydrogens is 224 g/mol. The summed E-state index contributed by atoms with van der Waals surface area (Å²) in [5, 5.41) is 0. The molecule has 0 radical (unpaired) electrons. The fraction of sp³-hybridized carbons (Fsp3) is 0.438. The van der Waals surface area contributed by atoms with Crippen LogP contribution in [-0.2, 0) is 9.53 Å². The van der Waals surface area contributed by atoms with Gasteiger partial charge >= 0.3 is 0 Å². The zero-order chi connectivity index (χ0) is 13.3. The molecule has 0 bridgehead atoms. The van der Waals surface area contributed by atoms with Gasteiger partial charge in [0.25, 0.3) is 0 Å². The van der Waals surface area contributed by atoms with Gasteiger partial charge in [-0.1, -0.05) is 51.1 Å². The summed E-state index contributed by atoms with van der Waals surface area (Å²) in [6.45, 7) is 6.32. The van der Waals surface area contributed by atoms with E-state index in [0.717, 1.165) is 16.9 Å². The van der Waals surface area contributed by atoms with Gasteiger partial charge in [-0.05, 0) is 11.0 Å². The molecule has 2 rings (SSSR count). The second kappa shape index (κ2) is 4.60. The molecule has 1 atom stereocenters. The maximum absolute atomic E-state index is 12.6. The lowest BCUT2D eigenvalue weighted by Gasteiger charge is -2.25. The Morgan fingerprint density at radius 2 is 1.78 bits per heavy atom. The minimum Gasteiger partial charge on any atom is -0.500 e. The molecule has 0 fully saturated rings. The summed E-state index contributed by atoms with van der Waals surface area (Å²) in [5.74, 6) is 1.05. The van der Waals surface area contributed by atoms with E-state index in [-0.39, 0.29) is 17.1 Å². The van der Waals surface area contributed by atoms with Crippen LogP contribution in [0, 0.1) is 11.3 Å². The van der Waals surface area contributed by atoms with Gasteiger partial charge in [-0.25, -0.2) is 0 Å². The van der Waals surface area contributed by atoms with Gasteiger partial charge in [0.15, 0.2) is 5.78 Å². The molecule has 0 N–H and O–H groups in total. The van der Waals surface area contributed by atoms with Crippen LogP contribution in [0.25, 0.3) is 5.57 Å². The molecule has 96 valence electrons. The zero-order valence-corrected chi connectivity index (χ0v) is 11.5. The van der Waals surface area contributed by atoms with E-state index in [2.05, 4.69) is 20.8 Å². The van der Waals surface area contributed by atoms with Crippen LogP contribution in [0.4, 0.5) is 0 Å². The normalized spacial score (nSPS) is 20.4. The Hall–Kier alpha value is -1.57. The average Bonchev–Trinajstić information content (AvgIpc) is 2.67. The SMILES string of the molecule is COC1=C(c2ccccc2)C(=O)C(C(C)(C)C)C1. The van der Waals surface area contributed by atoms with Crippen molar-refractivity contribution in [1.82, 2.24) is 0 Å². The molecule has 0 saturated carbocycles. The Morgan fingerprint density at radius 3 is 2.28 bits per heavy atom. The summed E-state index contributed by atoms with van der Waals surface area (Å²) in [7, 11) is 1.65. The Kier molecular flexibility index (Phi) is 3.29. The molecule has 1 unspecified atom stereocenters. The van der Waals surface area contributed by atoms with E-state index in [0.29, 0.717) is 6.42 Å². The van der Waals surface area contributed by atoms with Crippen molar-refractivity contribution in [1.29, 1.82) is 0 Å². The molecule has 2 heteroatoms. The molecule has 1 aromatic carbocycles. The third-order valence-electron chi connectivity index (χ3n) is 3.59. The average molecular weight is 244 g/mol. The number of allylic oxidation sites excluding steroid dienone is 2. The third-order valence-corrected chi connectivity index (χ3v) is 3.59. The summed E-state index contributed by atoms with van der Waals surface area (Å²) in [5.41, 5.74) is 1.70. The highest BCUT2D eigenvalue weighted by atomic mass is 16.5. The van der Waals surface area contributed by atoms with Crippen LogP contribution in [0.5, 0.6) is 0 Å². The lowest BCUT2D eigenvalue weighted by molar-refractivity contribution is -0.119. The van der Waals surface area contributed by atoms with Crippen LogP contribution < -0.4 is 0 Å². The van der Waals surface area contributed by atoms with Crippen molar-refractivity contribution in [3.05, 3.63) is 41.7 Å². The highest BCUT2D eigenvalue weighted by Crippen LogP contribution is 2.43. The van der Waals surface area contributed by atoms with Crippen molar-refractivity contribution in [2.24, 2.45) is 11.3 Å². The highest BCUT2D eigenvalue weighted by Gasteiger charge is 2.41. The molecule has 1 aliphatic rings. The van der Waals surface area contributed by atoms with Crippen molar-refractivity contribution in [3.8, 4) is 0 Å². The molecule has 2 nitrogen and oxygen atoms in total. The first-order chi connectivity index (χ1) is 8.45. The van der Waals surface area contributed by atoms with Crippen molar-refractivity contribution in [3.63, 3.8) is 0 Å². The van der Waals surface area contributed by atoms with Gasteiger partial charge in [0, 0.05) is 12.3 Å². The Labute approximate surface area is 109 Å². The largest absolute Gasteiger partial charge is 0.500 e. The molecule has 0 heterocycles. The first-order valence-corrected chi connectivity index (χ1v) is 6.32. The topological polar surface area (TPSA) is 26.3 Å². The van der Waals surface area contributed by atoms with Gasteiger partial charge in [-0.2, -0.15) is 0 Å². The van der Waals surface area contributed by atoms with E-state index in [9.17, 15) is 4.79 Å². The molecule has 0 aromatic heterocycles. The van der Waals surface area contributed by atoms with Crippen molar-refractivity contribution in [2.45, 2.75) is 27.2 Å². The van der Waals surface area contributed by atoms with Gasteiger partial charge in [-0.15, -0.1) is 0 Å². The van der Waals surface area contributed by atoms with E-state index >= 15 is 0 Å². The second-order valence-corrected chi connectivity index (χ2v) is 5.86. The predicted octanol–water partition coefficient (Wildman–Crippen LogP) is 3.68. The van der Waals surface area contributed by atoms with Crippen LogP contribution in [0.15, 0.2) is 36.1 Å². The Bertz CT molecular complexity index is 478. The van der Waals surface area contributed by atoms with Gasteiger partial charge < -0.3 is 4.74 Å². The summed E-state index contributed by atoms with van der Waals surface area (Å²) < 4.78 is 5.43. The molecule has 18 heavy (non-hydrogen) atoms. The molecule has 0 aliphatic heterocycles. The molecule has 0 amide bonds. The van der Waals surface area contributed by atoms with E-state index in [1.165, 1.54) is 0 Å². The van der Waals surface area contributed by atoms with Crippen LogP contribution >= 0.6 is 0 Å². The van der Waals surface area contributed by atoms with Crippen molar-refractivity contribution in [2.75, 3.05) is 7.11 Å². The smallest absolute Gasteiger partial charge is 0.170 e. The van der Waals surface area contributed by atoms with Crippen LogP contribution in [-0.4, -0.2) is 12.9 Å². The number of benzene rings is 1. The maximum atomic E-state index is 12.6. The number of carbonyl (C=O) groups is 1. The fourth-order valence-corrected chi connectivity index (χ4v) is 2.48. The summed E-state index contributed by atoms with van der Waals surface area (Å²) in [4.78, 5) is 12.6. The number of Topliss-reactive ketones (excluding diaryl/α,β-unsaturated/α-hetero) is 1. The van der Waals surface area contributed by atoms with Gasteiger partial charge in [0.2, 0.25) is 0 Å². The second-order valence-electron chi connectivity index (χ2n) is 5.86. The Balaban J connectivity index is 2.42. The number of hydrogen-bond donors (Lipinski definition) is 0. The lowest BCUT2D eigenvalue weighted by atomic mass is 9.77. The van der Waals surface area contributed by atoms with Crippen LogP contribution in [0.2, 0.25) is 0 Å². The summed E-state index contributed by atoms with van der Waals surface area (Å²) in [6, 6.07) is 9.80. The number of methoxy groups -OCH3 is 1. The maximum Gasteiger partial charge on any atom is 0.170 e. The zero-order valence-electron chi connectivity index (χ0n) is 11.5. The van der Waals surface area contributed by atoms with E-state index < -0.39 is 0 Å². The van der Waals surface area contributed by atoms with E-state index in [1.807, 2.05) is 30.3 Å². The quantitative estimate of drug-likeness (QED) is 0.793. The van der Waals surface area contributed by atoms with Gasteiger partial charge in [-0.3, -0.25) is 4.79 Å². The predicted molar refractivity (Wildman–Crippen MR) is 72.9 cm³/mol. The van der Waals surface area contributed by atoms with Gasteiger partial charge in [0.05, 0.1) is 12.7 Å². The fourth-order valence-electron chi connectivity index (χ4n) is 2.48. The molecule has 0 saturated heterocycles. The minimum absolute atomic E-state index is 0.0163. The van der Waals surface area contributed by atoms with E-state index in [4.69, 9.17) is 4.74 Å². The molecular formula is C16H20O2. The van der Waals surface area contributed by atoms with Crippen molar-refractivity contribution >= 4 is 11.4 Å². The Morgan fingerprint density at radius 1 is 1.17 bits per heavy atom. The number of hydrogen-bond acceptors (Lipinski definition) is 2. The lowest BCUT2D eigenvalue weighted by Crippen LogP contribution is -2.25. The van der Waals surface area contributed by atoms with Crippen LogP contribution in [0.3, 0.4) is 0 Å². The number of ketones is 1. The monoisotopic (exact) mass is 244 g/mol. The third kappa shape index (κ3) is 2.20. The molecule has 0 spiro atoms. The minimum atomic E-state index is -0.0304. The number of ether oxygens (including phenoxy) is 1. The molecule has 1 aliphatic carbocycles.